The summed E-state index contributed by atoms with van der Waals surface area (Å²) in [4.78, 5) is 3.40. The molecule has 0 fully saturated rings. The molecule has 0 bridgehead atoms. The Morgan fingerprint density at radius 2 is 1.88 bits per heavy atom. The lowest BCUT2D eigenvalue weighted by molar-refractivity contribution is 0.544. The molecule has 1 N–H and O–H groups in total. The third kappa shape index (κ3) is 2.71. The fourth-order valence-electron chi connectivity index (χ4n) is 2.69. The number of rotatable bonds is 6. The number of hydrogen-bond donors (Lipinski definition) is 1. The molecular weight excluding hydrogens is 206 g/mol. The molecule has 2 aromatic rings. The number of benzene rings is 1. The molecule has 1 heteroatoms. The summed E-state index contributed by atoms with van der Waals surface area (Å²) in [6, 6.07) is 8.66. The highest BCUT2D eigenvalue weighted by molar-refractivity contribution is 5.83. The maximum absolute atomic E-state index is 3.40. The van der Waals surface area contributed by atoms with Gasteiger partial charge < -0.3 is 4.98 Å². The van der Waals surface area contributed by atoms with Crippen LogP contribution in [-0.2, 0) is 0 Å². The van der Waals surface area contributed by atoms with E-state index in [1.54, 1.807) is 0 Å². The topological polar surface area (TPSA) is 15.8 Å². The number of aromatic amines is 1. The molecule has 1 aromatic carbocycles. The van der Waals surface area contributed by atoms with Crippen molar-refractivity contribution in [3.63, 3.8) is 0 Å². The minimum absolute atomic E-state index is 0.732. The summed E-state index contributed by atoms with van der Waals surface area (Å²) in [5, 5.41) is 1.42. The maximum Gasteiger partial charge on any atom is 0.0456 e. The van der Waals surface area contributed by atoms with Gasteiger partial charge in [0.25, 0.3) is 0 Å². The highest BCUT2D eigenvalue weighted by Gasteiger charge is 2.14. The van der Waals surface area contributed by atoms with Crippen molar-refractivity contribution in [2.24, 2.45) is 0 Å². The average Bonchev–Trinajstić information content (AvgIpc) is 2.78. The summed E-state index contributed by atoms with van der Waals surface area (Å²) in [5.74, 6) is 0.732. The van der Waals surface area contributed by atoms with Gasteiger partial charge in [0.05, 0.1) is 0 Å². The Labute approximate surface area is 104 Å². The van der Waals surface area contributed by atoms with Gasteiger partial charge in [0, 0.05) is 17.1 Å². The molecule has 1 nitrogen and oxygen atoms in total. The van der Waals surface area contributed by atoms with Gasteiger partial charge >= 0.3 is 0 Å². The van der Waals surface area contributed by atoms with E-state index >= 15 is 0 Å². The number of unbranched alkanes of at least 4 members (excludes halogenated alkanes) is 1. The standard InChI is InChI=1S/C16H23N/c1-3-5-9-13(8-4-2)15-12-17-16-11-7-6-10-14(15)16/h6-7,10-13,17H,3-5,8-9H2,1-2H3. The quantitative estimate of drug-likeness (QED) is 0.697. The van der Waals surface area contributed by atoms with Crippen LogP contribution in [0.1, 0.15) is 57.4 Å². The molecule has 2 rings (SSSR count). The number of para-hydroxylation sites is 1. The molecule has 0 aliphatic rings. The molecule has 17 heavy (non-hydrogen) atoms. The molecule has 1 unspecified atom stereocenters. The first-order chi connectivity index (χ1) is 8.36. The van der Waals surface area contributed by atoms with Gasteiger partial charge in [-0.05, 0) is 30.4 Å². The van der Waals surface area contributed by atoms with Crippen molar-refractivity contribution in [1.29, 1.82) is 0 Å². The van der Waals surface area contributed by atoms with Crippen LogP contribution >= 0.6 is 0 Å². The summed E-state index contributed by atoms with van der Waals surface area (Å²) in [6.07, 6.45) is 8.76. The lowest BCUT2D eigenvalue weighted by Gasteiger charge is -2.15. The first-order valence-electron chi connectivity index (χ1n) is 6.92. The Morgan fingerprint density at radius 1 is 1.06 bits per heavy atom. The molecule has 0 saturated carbocycles. The van der Waals surface area contributed by atoms with Crippen LogP contribution in [0, 0.1) is 0 Å². The molecule has 0 aliphatic heterocycles. The van der Waals surface area contributed by atoms with Gasteiger partial charge in [-0.25, -0.2) is 0 Å². The van der Waals surface area contributed by atoms with Gasteiger partial charge in [-0.1, -0.05) is 51.3 Å². The summed E-state index contributed by atoms with van der Waals surface area (Å²) in [6.45, 7) is 4.56. The Balaban J connectivity index is 2.27. The normalized spacial score (nSPS) is 13.1. The highest BCUT2D eigenvalue weighted by atomic mass is 14.7. The van der Waals surface area contributed by atoms with E-state index in [4.69, 9.17) is 0 Å². The Bertz CT molecular complexity index is 455. The minimum atomic E-state index is 0.732. The number of fused-ring (bicyclic) bond motifs is 1. The van der Waals surface area contributed by atoms with E-state index in [2.05, 4.69) is 49.3 Å². The van der Waals surface area contributed by atoms with Gasteiger partial charge in [-0.3, -0.25) is 0 Å². The summed E-state index contributed by atoms with van der Waals surface area (Å²) >= 11 is 0. The van der Waals surface area contributed by atoms with E-state index in [1.807, 2.05) is 0 Å². The number of nitrogens with one attached hydrogen (secondary N) is 1. The van der Waals surface area contributed by atoms with Gasteiger partial charge in [-0.2, -0.15) is 0 Å². The lowest BCUT2D eigenvalue weighted by Crippen LogP contribution is -1.97. The van der Waals surface area contributed by atoms with Crippen molar-refractivity contribution < 1.29 is 0 Å². The smallest absolute Gasteiger partial charge is 0.0456 e. The first-order valence-corrected chi connectivity index (χ1v) is 6.92. The summed E-state index contributed by atoms with van der Waals surface area (Å²) < 4.78 is 0. The zero-order chi connectivity index (χ0) is 12.1. The van der Waals surface area contributed by atoms with Crippen molar-refractivity contribution in [2.45, 2.75) is 51.9 Å². The molecule has 92 valence electrons. The van der Waals surface area contributed by atoms with E-state index in [-0.39, 0.29) is 0 Å². The van der Waals surface area contributed by atoms with Gasteiger partial charge in [0.2, 0.25) is 0 Å². The van der Waals surface area contributed by atoms with E-state index in [1.165, 1.54) is 48.6 Å². The van der Waals surface area contributed by atoms with Gasteiger partial charge in [0.1, 0.15) is 0 Å². The summed E-state index contributed by atoms with van der Waals surface area (Å²) in [5.41, 5.74) is 2.80. The van der Waals surface area contributed by atoms with Crippen molar-refractivity contribution in [1.82, 2.24) is 4.98 Å². The third-order valence-electron chi connectivity index (χ3n) is 3.60. The van der Waals surface area contributed by atoms with Crippen LogP contribution in [0.3, 0.4) is 0 Å². The fourth-order valence-corrected chi connectivity index (χ4v) is 2.69. The van der Waals surface area contributed by atoms with Crippen molar-refractivity contribution in [2.75, 3.05) is 0 Å². The highest BCUT2D eigenvalue weighted by Crippen LogP contribution is 2.32. The SMILES string of the molecule is CCCCC(CCC)c1c[nH]c2ccccc12. The van der Waals surface area contributed by atoms with E-state index in [0.717, 1.165) is 5.92 Å². The van der Waals surface area contributed by atoms with E-state index in [0.29, 0.717) is 0 Å². The second-order valence-corrected chi connectivity index (χ2v) is 4.92. The van der Waals surface area contributed by atoms with Gasteiger partial charge in [0.15, 0.2) is 0 Å². The van der Waals surface area contributed by atoms with Crippen LogP contribution in [0.15, 0.2) is 30.5 Å². The van der Waals surface area contributed by atoms with Crippen molar-refractivity contribution in [3.8, 4) is 0 Å². The second kappa shape index (κ2) is 5.90. The van der Waals surface area contributed by atoms with Crippen LogP contribution in [0.5, 0.6) is 0 Å². The molecule has 0 spiro atoms. The van der Waals surface area contributed by atoms with E-state index in [9.17, 15) is 0 Å². The Hall–Kier alpha value is -1.24. The Morgan fingerprint density at radius 3 is 2.65 bits per heavy atom. The fraction of sp³-hybridized carbons (Fsp3) is 0.500. The maximum atomic E-state index is 3.40. The molecule has 0 aliphatic carbocycles. The third-order valence-corrected chi connectivity index (χ3v) is 3.60. The van der Waals surface area contributed by atoms with Crippen LogP contribution in [0.25, 0.3) is 10.9 Å². The average molecular weight is 229 g/mol. The van der Waals surface area contributed by atoms with Gasteiger partial charge in [-0.15, -0.1) is 0 Å². The van der Waals surface area contributed by atoms with Crippen LogP contribution in [0.4, 0.5) is 0 Å². The van der Waals surface area contributed by atoms with Crippen LogP contribution in [0.2, 0.25) is 0 Å². The van der Waals surface area contributed by atoms with Crippen LogP contribution < -0.4 is 0 Å². The van der Waals surface area contributed by atoms with E-state index < -0.39 is 0 Å². The zero-order valence-corrected chi connectivity index (χ0v) is 11.0. The van der Waals surface area contributed by atoms with Crippen molar-refractivity contribution in [3.05, 3.63) is 36.0 Å². The second-order valence-electron chi connectivity index (χ2n) is 4.92. The summed E-state index contributed by atoms with van der Waals surface area (Å²) in [7, 11) is 0. The number of aromatic nitrogens is 1. The largest absolute Gasteiger partial charge is 0.361 e. The molecular formula is C16H23N. The zero-order valence-electron chi connectivity index (χ0n) is 11.0. The predicted molar refractivity (Wildman–Crippen MR) is 75.5 cm³/mol. The Kier molecular flexibility index (Phi) is 4.24. The lowest BCUT2D eigenvalue weighted by atomic mass is 9.89. The molecule has 0 amide bonds. The first kappa shape index (κ1) is 12.2. The van der Waals surface area contributed by atoms with Crippen LogP contribution in [-0.4, -0.2) is 4.98 Å². The molecule has 0 radical (unpaired) electrons. The molecule has 1 heterocycles. The molecule has 0 saturated heterocycles. The van der Waals surface area contributed by atoms with Crippen molar-refractivity contribution >= 4 is 10.9 Å². The monoisotopic (exact) mass is 229 g/mol. The molecule has 1 aromatic heterocycles. The number of hydrogen-bond acceptors (Lipinski definition) is 0. The number of H-pyrrole nitrogens is 1. The molecule has 1 atom stereocenters. The minimum Gasteiger partial charge on any atom is -0.361 e. The predicted octanol–water partition coefficient (Wildman–Crippen LogP) is 5.24.